The molecule has 0 heterocycles. The summed E-state index contributed by atoms with van der Waals surface area (Å²) in [7, 11) is -4.20. The number of sulfonamides is 1. The summed E-state index contributed by atoms with van der Waals surface area (Å²) in [6, 6.07) is 9.41. The molecule has 1 atom stereocenters. The van der Waals surface area contributed by atoms with Gasteiger partial charge < -0.3 is 5.32 Å². The number of nitrogens with one attached hydrogen (secondary N) is 1. The van der Waals surface area contributed by atoms with E-state index >= 15 is 0 Å². The molecule has 5 nitrogen and oxygen atoms in total. The second kappa shape index (κ2) is 8.16. The number of anilines is 1. The van der Waals surface area contributed by atoms with Crippen LogP contribution in [0.2, 0.25) is 5.02 Å². The summed E-state index contributed by atoms with van der Waals surface area (Å²) < 4.78 is 40.7. The zero-order valence-electron chi connectivity index (χ0n) is 14.7. The molecule has 2 aromatic carbocycles. The van der Waals surface area contributed by atoms with Crippen LogP contribution in [0.25, 0.3) is 0 Å². The highest BCUT2D eigenvalue weighted by molar-refractivity contribution is 7.89. The van der Waals surface area contributed by atoms with Crippen molar-refractivity contribution in [2.24, 2.45) is 0 Å². The van der Waals surface area contributed by atoms with Crippen LogP contribution in [0.3, 0.4) is 0 Å². The molecule has 0 bridgehead atoms. The molecule has 0 fully saturated rings. The number of nitrogens with zero attached hydrogens (tertiary/aromatic N) is 1. The molecule has 2 aromatic rings. The molecule has 2 rings (SSSR count). The Morgan fingerprint density at radius 1 is 1.23 bits per heavy atom. The Morgan fingerprint density at radius 3 is 2.38 bits per heavy atom. The minimum atomic E-state index is -4.20. The number of benzene rings is 2. The van der Waals surface area contributed by atoms with Crippen molar-refractivity contribution in [2.75, 3.05) is 11.9 Å². The van der Waals surface area contributed by atoms with E-state index in [1.807, 2.05) is 19.1 Å². The van der Waals surface area contributed by atoms with E-state index in [4.69, 9.17) is 11.6 Å². The van der Waals surface area contributed by atoms with E-state index in [2.05, 4.69) is 5.32 Å². The summed E-state index contributed by atoms with van der Waals surface area (Å²) >= 11 is 5.68. The SMILES string of the molecule is CCN([C@@H](C)C(=O)Nc1ccc(C)cc1)S(=O)(=O)c1ccc(Cl)cc1F. The summed E-state index contributed by atoms with van der Waals surface area (Å²) in [6.07, 6.45) is 0. The zero-order chi connectivity index (χ0) is 19.5. The molecule has 1 N–H and O–H groups in total. The Bertz CT molecular complexity index is 901. The van der Waals surface area contributed by atoms with Crippen LogP contribution in [-0.4, -0.2) is 31.2 Å². The van der Waals surface area contributed by atoms with E-state index < -0.39 is 32.7 Å². The predicted octanol–water partition coefficient (Wildman–Crippen LogP) is 3.83. The number of likely N-dealkylation sites (N-methyl/N-ethyl adjacent to an activating group) is 1. The average Bonchev–Trinajstić information content (AvgIpc) is 2.56. The first-order valence-electron chi connectivity index (χ1n) is 8.01. The minimum Gasteiger partial charge on any atom is -0.325 e. The number of carbonyl (C=O) groups excluding carboxylic acids is 1. The van der Waals surface area contributed by atoms with Gasteiger partial charge in [0.25, 0.3) is 0 Å². The van der Waals surface area contributed by atoms with Crippen LogP contribution in [0.15, 0.2) is 47.4 Å². The van der Waals surface area contributed by atoms with Crippen LogP contribution in [0, 0.1) is 12.7 Å². The van der Waals surface area contributed by atoms with Crippen LogP contribution in [-0.2, 0) is 14.8 Å². The Kier molecular flexibility index (Phi) is 6.39. The van der Waals surface area contributed by atoms with Crippen LogP contribution < -0.4 is 5.32 Å². The van der Waals surface area contributed by atoms with Crippen molar-refractivity contribution >= 4 is 33.2 Å². The maximum atomic E-state index is 14.1. The van der Waals surface area contributed by atoms with Crippen molar-refractivity contribution in [1.82, 2.24) is 4.31 Å². The molecule has 0 radical (unpaired) electrons. The highest BCUT2D eigenvalue weighted by atomic mass is 35.5. The lowest BCUT2D eigenvalue weighted by Crippen LogP contribution is -2.45. The number of aryl methyl sites for hydroxylation is 1. The lowest BCUT2D eigenvalue weighted by atomic mass is 10.2. The first-order chi connectivity index (χ1) is 12.2. The average molecular weight is 399 g/mol. The maximum Gasteiger partial charge on any atom is 0.246 e. The van der Waals surface area contributed by atoms with Gasteiger partial charge in [-0.3, -0.25) is 4.79 Å². The highest BCUT2D eigenvalue weighted by Gasteiger charge is 2.33. The van der Waals surface area contributed by atoms with E-state index in [0.29, 0.717) is 5.69 Å². The largest absolute Gasteiger partial charge is 0.325 e. The predicted molar refractivity (Wildman–Crippen MR) is 100 cm³/mol. The van der Waals surface area contributed by atoms with Crippen molar-refractivity contribution in [1.29, 1.82) is 0 Å². The van der Waals surface area contributed by atoms with E-state index in [1.54, 1.807) is 19.1 Å². The standard InChI is InChI=1S/C18H20ClFN2O3S/c1-4-22(26(24,25)17-10-7-14(19)11-16(17)20)13(3)18(23)21-15-8-5-12(2)6-9-15/h5-11,13H,4H2,1-3H3,(H,21,23)/t13-/m0/s1. The fourth-order valence-electron chi connectivity index (χ4n) is 2.48. The number of rotatable bonds is 6. The lowest BCUT2D eigenvalue weighted by molar-refractivity contribution is -0.119. The zero-order valence-corrected chi connectivity index (χ0v) is 16.2. The first kappa shape index (κ1) is 20.4. The molecule has 0 saturated heterocycles. The monoisotopic (exact) mass is 398 g/mol. The quantitative estimate of drug-likeness (QED) is 0.804. The van der Waals surface area contributed by atoms with Gasteiger partial charge in [0.05, 0.1) is 0 Å². The number of amides is 1. The molecule has 0 aliphatic heterocycles. The summed E-state index contributed by atoms with van der Waals surface area (Å²) in [5.41, 5.74) is 1.59. The Balaban J connectivity index is 2.27. The molecule has 0 aromatic heterocycles. The van der Waals surface area contributed by atoms with E-state index in [1.165, 1.54) is 13.0 Å². The van der Waals surface area contributed by atoms with Crippen LogP contribution >= 0.6 is 11.6 Å². The summed E-state index contributed by atoms with van der Waals surface area (Å²) in [5.74, 6) is -1.46. The van der Waals surface area contributed by atoms with Crippen LogP contribution in [0.4, 0.5) is 10.1 Å². The van der Waals surface area contributed by atoms with Gasteiger partial charge in [0, 0.05) is 17.3 Å². The number of halogens is 2. The molecule has 0 spiro atoms. The first-order valence-corrected chi connectivity index (χ1v) is 9.83. The van der Waals surface area contributed by atoms with Crippen LogP contribution in [0.1, 0.15) is 19.4 Å². The topological polar surface area (TPSA) is 66.5 Å². The van der Waals surface area contributed by atoms with Crippen molar-refractivity contribution in [3.8, 4) is 0 Å². The Labute approximate surface area is 157 Å². The van der Waals surface area contributed by atoms with Crippen molar-refractivity contribution < 1.29 is 17.6 Å². The number of carbonyl (C=O) groups is 1. The summed E-state index contributed by atoms with van der Waals surface area (Å²) in [5, 5.41) is 2.76. The Hall–Kier alpha value is -1.96. The van der Waals surface area contributed by atoms with E-state index in [0.717, 1.165) is 22.0 Å². The fraction of sp³-hybridized carbons (Fsp3) is 0.278. The van der Waals surface area contributed by atoms with E-state index in [9.17, 15) is 17.6 Å². The lowest BCUT2D eigenvalue weighted by Gasteiger charge is -2.26. The molecular formula is C18H20ClFN2O3S. The molecule has 0 unspecified atom stereocenters. The third-order valence-corrected chi connectivity index (χ3v) is 6.24. The van der Waals surface area contributed by atoms with Gasteiger partial charge in [0.2, 0.25) is 15.9 Å². The van der Waals surface area contributed by atoms with Gasteiger partial charge in [-0.2, -0.15) is 4.31 Å². The smallest absolute Gasteiger partial charge is 0.246 e. The third kappa shape index (κ3) is 4.41. The van der Waals surface area contributed by atoms with Crippen molar-refractivity contribution in [3.63, 3.8) is 0 Å². The second-order valence-corrected chi connectivity index (χ2v) is 8.11. The maximum absolute atomic E-state index is 14.1. The third-order valence-electron chi connectivity index (χ3n) is 3.92. The van der Waals surface area contributed by atoms with Gasteiger partial charge in [0.15, 0.2) is 0 Å². The number of hydrogen-bond acceptors (Lipinski definition) is 3. The van der Waals surface area contributed by atoms with E-state index in [-0.39, 0.29) is 11.6 Å². The molecule has 8 heteroatoms. The molecule has 0 saturated carbocycles. The molecular weight excluding hydrogens is 379 g/mol. The Morgan fingerprint density at radius 2 is 1.85 bits per heavy atom. The fourth-order valence-corrected chi connectivity index (χ4v) is 4.29. The van der Waals surface area contributed by atoms with Gasteiger partial charge in [-0.25, -0.2) is 12.8 Å². The van der Waals surface area contributed by atoms with Crippen molar-refractivity contribution in [2.45, 2.75) is 31.7 Å². The van der Waals surface area contributed by atoms with Gasteiger partial charge >= 0.3 is 0 Å². The van der Waals surface area contributed by atoms with Gasteiger partial charge in [-0.05, 0) is 44.2 Å². The van der Waals surface area contributed by atoms with Gasteiger partial charge in [0.1, 0.15) is 16.8 Å². The molecule has 26 heavy (non-hydrogen) atoms. The van der Waals surface area contributed by atoms with Crippen molar-refractivity contribution in [3.05, 3.63) is 58.9 Å². The molecule has 0 aliphatic rings. The summed E-state index contributed by atoms with van der Waals surface area (Å²) in [4.78, 5) is 12.0. The van der Waals surface area contributed by atoms with Gasteiger partial charge in [-0.15, -0.1) is 0 Å². The van der Waals surface area contributed by atoms with Crippen LogP contribution in [0.5, 0.6) is 0 Å². The minimum absolute atomic E-state index is 0.00683. The molecule has 140 valence electrons. The number of hydrogen-bond donors (Lipinski definition) is 1. The van der Waals surface area contributed by atoms with Gasteiger partial charge in [-0.1, -0.05) is 36.2 Å². The molecule has 1 amide bonds. The molecule has 0 aliphatic carbocycles. The second-order valence-electron chi connectivity index (χ2n) is 5.81. The highest BCUT2D eigenvalue weighted by Crippen LogP contribution is 2.24. The summed E-state index contributed by atoms with van der Waals surface area (Å²) in [6.45, 7) is 4.96. The normalized spacial score (nSPS) is 12.8.